The Morgan fingerprint density at radius 2 is 1.80 bits per heavy atom. The Labute approximate surface area is 91.3 Å². The van der Waals surface area contributed by atoms with Crippen LogP contribution in [0.15, 0.2) is 30.3 Å². The maximum atomic E-state index is 10.5. The van der Waals surface area contributed by atoms with E-state index < -0.39 is 5.60 Å². The van der Waals surface area contributed by atoms with E-state index in [0.29, 0.717) is 6.04 Å². The van der Waals surface area contributed by atoms with E-state index in [-0.39, 0.29) is 0 Å². The SMILES string of the molecule is CNC1CCC(O)(c2ccccc2)CC1. The summed E-state index contributed by atoms with van der Waals surface area (Å²) in [6, 6.07) is 10.6. The molecule has 1 aliphatic carbocycles. The van der Waals surface area contributed by atoms with Crippen LogP contribution < -0.4 is 5.32 Å². The number of hydrogen-bond donors (Lipinski definition) is 2. The van der Waals surface area contributed by atoms with Gasteiger partial charge in [0.2, 0.25) is 0 Å². The minimum Gasteiger partial charge on any atom is -0.385 e. The Hall–Kier alpha value is -0.860. The summed E-state index contributed by atoms with van der Waals surface area (Å²) in [6.07, 6.45) is 3.84. The fraction of sp³-hybridized carbons (Fsp3) is 0.538. The first-order valence-corrected chi connectivity index (χ1v) is 5.70. The van der Waals surface area contributed by atoms with Crippen LogP contribution in [0.25, 0.3) is 0 Å². The Morgan fingerprint density at radius 3 is 2.33 bits per heavy atom. The van der Waals surface area contributed by atoms with Gasteiger partial charge in [-0.2, -0.15) is 0 Å². The zero-order chi connectivity index (χ0) is 10.7. The highest BCUT2D eigenvalue weighted by molar-refractivity contribution is 5.22. The molecule has 0 atom stereocenters. The second-order valence-corrected chi connectivity index (χ2v) is 4.46. The van der Waals surface area contributed by atoms with E-state index >= 15 is 0 Å². The van der Waals surface area contributed by atoms with Crippen LogP contribution in [-0.4, -0.2) is 18.2 Å². The molecule has 0 spiro atoms. The van der Waals surface area contributed by atoms with Gasteiger partial charge in [0.05, 0.1) is 5.60 Å². The highest BCUT2D eigenvalue weighted by Gasteiger charge is 2.33. The highest BCUT2D eigenvalue weighted by Crippen LogP contribution is 2.36. The zero-order valence-corrected chi connectivity index (χ0v) is 9.24. The van der Waals surface area contributed by atoms with Crippen molar-refractivity contribution in [1.29, 1.82) is 0 Å². The molecule has 0 amide bonds. The first-order valence-electron chi connectivity index (χ1n) is 5.70. The highest BCUT2D eigenvalue weighted by atomic mass is 16.3. The average Bonchev–Trinajstić information content (AvgIpc) is 2.31. The minimum absolute atomic E-state index is 0.578. The van der Waals surface area contributed by atoms with Gasteiger partial charge in [-0.15, -0.1) is 0 Å². The molecule has 2 heteroatoms. The summed E-state index contributed by atoms with van der Waals surface area (Å²) < 4.78 is 0. The summed E-state index contributed by atoms with van der Waals surface area (Å²) in [6.45, 7) is 0. The van der Waals surface area contributed by atoms with Crippen molar-refractivity contribution in [2.75, 3.05) is 7.05 Å². The molecule has 0 heterocycles. The molecule has 0 aromatic heterocycles. The van der Waals surface area contributed by atoms with Crippen LogP contribution in [0.2, 0.25) is 0 Å². The van der Waals surface area contributed by atoms with Crippen molar-refractivity contribution < 1.29 is 5.11 Å². The van der Waals surface area contributed by atoms with Crippen molar-refractivity contribution in [1.82, 2.24) is 5.32 Å². The van der Waals surface area contributed by atoms with Gasteiger partial charge in [-0.1, -0.05) is 30.3 Å². The van der Waals surface area contributed by atoms with E-state index in [1.54, 1.807) is 0 Å². The average molecular weight is 205 g/mol. The summed E-state index contributed by atoms with van der Waals surface area (Å²) >= 11 is 0. The van der Waals surface area contributed by atoms with Gasteiger partial charge in [-0.3, -0.25) is 0 Å². The lowest BCUT2D eigenvalue weighted by Crippen LogP contribution is -2.38. The first kappa shape index (κ1) is 10.7. The van der Waals surface area contributed by atoms with Crippen molar-refractivity contribution in [3.8, 4) is 0 Å². The van der Waals surface area contributed by atoms with Crippen LogP contribution in [0, 0.1) is 0 Å². The number of rotatable bonds is 2. The molecule has 2 rings (SSSR count). The molecule has 15 heavy (non-hydrogen) atoms. The van der Waals surface area contributed by atoms with Gasteiger partial charge in [0, 0.05) is 6.04 Å². The van der Waals surface area contributed by atoms with Gasteiger partial charge in [0.25, 0.3) is 0 Å². The molecule has 2 N–H and O–H groups in total. The third kappa shape index (κ3) is 2.21. The summed E-state index contributed by atoms with van der Waals surface area (Å²) in [5.41, 5.74) is 0.480. The third-order valence-corrected chi connectivity index (χ3v) is 3.53. The van der Waals surface area contributed by atoms with Crippen molar-refractivity contribution in [2.24, 2.45) is 0 Å². The molecule has 1 saturated carbocycles. The van der Waals surface area contributed by atoms with Crippen LogP contribution in [0.1, 0.15) is 31.2 Å². The summed E-state index contributed by atoms with van der Waals surface area (Å²) in [5, 5.41) is 13.8. The normalized spacial score (nSPS) is 31.5. The van der Waals surface area contributed by atoms with Gasteiger partial charge in [0.15, 0.2) is 0 Å². The summed E-state index contributed by atoms with van der Waals surface area (Å²) in [7, 11) is 2.00. The second kappa shape index (κ2) is 4.33. The fourth-order valence-electron chi connectivity index (χ4n) is 2.42. The van der Waals surface area contributed by atoms with E-state index in [2.05, 4.69) is 5.32 Å². The van der Waals surface area contributed by atoms with E-state index in [9.17, 15) is 5.11 Å². The molecule has 2 nitrogen and oxygen atoms in total. The third-order valence-electron chi connectivity index (χ3n) is 3.53. The van der Waals surface area contributed by atoms with Crippen LogP contribution >= 0.6 is 0 Å². The molecule has 0 aliphatic heterocycles. The van der Waals surface area contributed by atoms with Crippen molar-refractivity contribution in [2.45, 2.75) is 37.3 Å². The van der Waals surface area contributed by atoms with Crippen LogP contribution in [0.3, 0.4) is 0 Å². The molecular weight excluding hydrogens is 186 g/mol. The van der Waals surface area contributed by atoms with Crippen LogP contribution in [-0.2, 0) is 5.60 Å². The smallest absolute Gasteiger partial charge is 0.0897 e. The van der Waals surface area contributed by atoms with E-state index in [0.717, 1.165) is 31.2 Å². The minimum atomic E-state index is -0.589. The van der Waals surface area contributed by atoms with Gasteiger partial charge in [0.1, 0.15) is 0 Å². The molecule has 0 bridgehead atoms. The largest absolute Gasteiger partial charge is 0.385 e. The lowest BCUT2D eigenvalue weighted by Gasteiger charge is -2.36. The van der Waals surface area contributed by atoms with E-state index in [1.165, 1.54) is 0 Å². The predicted octanol–water partition coefficient (Wildman–Crippen LogP) is 2.04. The lowest BCUT2D eigenvalue weighted by atomic mass is 9.78. The maximum Gasteiger partial charge on any atom is 0.0897 e. The van der Waals surface area contributed by atoms with Gasteiger partial charge in [-0.25, -0.2) is 0 Å². The Bertz CT molecular complexity index is 302. The first-order chi connectivity index (χ1) is 7.24. The topological polar surface area (TPSA) is 32.3 Å². The summed E-state index contributed by atoms with van der Waals surface area (Å²) in [5.74, 6) is 0. The molecule has 1 aromatic rings. The van der Waals surface area contributed by atoms with Crippen LogP contribution in [0.4, 0.5) is 0 Å². The molecule has 1 aliphatic rings. The predicted molar refractivity (Wildman–Crippen MR) is 61.7 cm³/mol. The lowest BCUT2D eigenvalue weighted by molar-refractivity contribution is -0.00762. The molecule has 0 saturated heterocycles. The number of nitrogens with one attached hydrogen (secondary N) is 1. The Balaban J connectivity index is 2.10. The van der Waals surface area contributed by atoms with Crippen LogP contribution in [0.5, 0.6) is 0 Å². The molecule has 0 radical (unpaired) electrons. The number of benzene rings is 1. The molecule has 82 valence electrons. The fourth-order valence-corrected chi connectivity index (χ4v) is 2.42. The van der Waals surface area contributed by atoms with Crippen molar-refractivity contribution >= 4 is 0 Å². The maximum absolute atomic E-state index is 10.5. The molecule has 1 aromatic carbocycles. The summed E-state index contributed by atoms with van der Waals surface area (Å²) in [4.78, 5) is 0. The standard InChI is InChI=1S/C13H19NO/c1-14-12-7-9-13(15,10-8-12)11-5-3-2-4-6-11/h2-6,12,14-15H,7-10H2,1H3. The molecule has 1 fully saturated rings. The quantitative estimate of drug-likeness (QED) is 0.774. The van der Waals surface area contributed by atoms with Gasteiger partial charge >= 0.3 is 0 Å². The monoisotopic (exact) mass is 205 g/mol. The van der Waals surface area contributed by atoms with Crippen molar-refractivity contribution in [3.05, 3.63) is 35.9 Å². The van der Waals surface area contributed by atoms with Gasteiger partial charge < -0.3 is 10.4 Å². The Morgan fingerprint density at radius 1 is 1.20 bits per heavy atom. The van der Waals surface area contributed by atoms with E-state index in [1.807, 2.05) is 37.4 Å². The molecule has 0 unspecified atom stereocenters. The van der Waals surface area contributed by atoms with Gasteiger partial charge in [-0.05, 0) is 38.3 Å². The zero-order valence-electron chi connectivity index (χ0n) is 9.24. The van der Waals surface area contributed by atoms with Crippen molar-refractivity contribution in [3.63, 3.8) is 0 Å². The van der Waals surface area contributed by atoms with E-state index in [4.69, 9.17) is 0 Å². The number of aliphatic hydroxyl groups is 1. The second-order valence-electron chi connectivity index (χ2n) is 4.46. The molecular formula is C13H19NO. The number of hydrogen-bond acceptors (Lipinski definition) is 2. The Kier molecular flexibility index (Phi) is 3.08.